The van der Waals surface area contributed by atoms with Gasteiger partial charge in [0.2, 0.25) is 11.5 Å². The normalized spacial score (nSPS) is 20.7. The molecule has 1 atom stereocenters. The predicted octanol–water partition coefficient (Wildman–Crippen LogP) is 5.79. The Morgan fingerprint density at radius 1 is 1.05 bits per heavy atom. The number of rotatable bonds is 8. The highest BCUT2D eigenvalue weighted by atomic mass is 16.5. The molecule has 1 aliphatic carbocycles. The molecule has 5 rings (SSSR count). The van der Waals surface area contributed by atoms with Gasteiger partial charge in [-0.3, -0.25) is 9.59 Å². The summed E-state index contributed by atoms with van der Waals surface area (Å²) in [6.45, 7) is 7.24. The van der Waals surface area contributed by atoms with Crippen molar-refractivity contribution in [2.75, 3.05) is 18.1 Å². The number of hydrogen-bond acceptors (Lipinski definition) is 6. The van der Waals surface area contributed by atoms with E-state index in [0.29, 0.717) is 36.0 Å². The third-order valence-corrected chi connectivity index (χ3v) is 7.24. The quantitative estimate of drug-likeness (QED) is 0.219. The molecule has 0 amide bonds. The van der Waals surface area contributed by atoms with Crippen LogP contribution >= 0.6 is 0 Å². The van der Waals surface area contributed by atoms with Crippen molar-refractivity contribution in [3.05, 3.63) is 95.8 Å². The molecule has 1 unspecified atom stereocenters. The van der Waals surface area contributed by atoms with Crippen molar-refractivity contribution in [3.8, 4) is 5.75 Å². The Hall–Kier alpha value is -4.59. The van der Waals surface area contributed by atoms with Crippen LogP contribution in [0.4, 0.5) is 5.69 Å². The lowest BCUT2D eigenvalue weighted by Crippen LogP contribution is -2.42. The molecule has 0 radical (unpaired) electrons. The van der Waals surface area contributed by atoms with Crippen molar-refractivity contribution < 1.29 is 33.2 Å². The number of allylic oxidation sites excluding steroid dienone is 6. The fourth-order valence-corrected chi connectivity index (χ4v) is 5.33. The summed E-state index contributed by atoms with van der Waals surface area (Å²) in [4.78, 5) is 27.8. The van der Waals surface area contributed by atoms with Gasteiger partial charge >= 0.3 is 17.8 Å². The van der Waals surface area contributed by atoms with E-state index < -0.39 is 17.4 Å². The second-order valence-electron chi connectivity index (χ2n) is 9.73. The highest BCUT2D eigenvalue weighted by molar-refractivity contribution is 6.00. The number of carboxylic acids is 1. The maximum Gasteiger partial charge on any atom is 0.374 e. The number of aliphatic carboxylic acids is 1. The summed E-state index contributed by atoms with van der Waals surface area (Å²) in [6.07, 6.45) is 9.21. The lowest BCUT2D eigenvalue weighted by Gasteiger charge is -2.31. The Labute approximate surface area is 233 Å². The fourth-order valence-electron chi connectivity index (χ4n) is 5.33. The maximum atomic E-state index is 13.1. The van der Waals surface area contributed by atoms with Crippen molar-refractivity contribution in [1.29, 1.82) is 0 Å². The second-order valence-corrected chi connectivity index (χ2v) is 9.73. The van der Waals surface area contributed by atoms with Crippen molar-refractivity contribution in [2.24, 2.45) is 5.41 Å². The lowest BCUT2D eigenvalue weighted by molar-refractivity contribution is -0.674. The number of carbonyl (C=O) groups excluding carboxylic acids is 1. The number of ether oxygens (including phenoxy) is 2. The summed E-state index contributed by atoms with van der Waals surface area (Å²) in [5.74, 6) is 0.0761. The average molecular weight is 542 g/mol. The number of benzene rings is 2. The van der Waals surface area contributed by atoms with E-state index in [1.165, 1.54) is 0 Å². The summed E-state index contributed by atoms with van der Waals surface area (Å²) >= 11 is 0. The Kier molecular flexibility index (Phi) is 7.60. The Morgan fingerprint density at radius 3 is 2.58 bits per heavy atom. The van der Waals surface area contributed by atoms with Crippen LogP contribution < -0.4 is 14.2 Å². The van der Waals surface area contributed by atoms with E-state index in [2.05, 4.69) is 0 Å². The smallest absolute Gasteiger partial charge is 0.374 e. The number of oxazole rings is 1. The maximum absolute atomic E-state index is 13.1. The van der Waals surface area contributed by atoms with Gasteiger partial charge in [0.15, 0.2) is 11.2 Å². The number of para-hydroxylation sites is 4. The molecule has 2 aliphatic rings. The van der Waals surface area contributed by atoms with Gasteiger partial charge in [0.1, 0.15) is 6.54 Å². The minimum Gasteiger partial charge on any atom is -0.480 e. The van der Waals surface area contributed by atoms with Gasteiger partial charge in [0, 0.05) is 12.6 Å². The molecule has 0 spiro atoms. The first-order chi connectivity index (χ1) is 19.4. The standard InChI is InChI=1S/C32H32N2O6/c1-4-33-24-11-7-9-13-26(24)39-28(33)17-15-22-19-23(21-32(20-22,30(35)36)31(37)38-6-3)16-18-29-34(5-2)25-12-8-10-14-27(25)40-29/h7-19H,4-6,20-21H2,1-3H3/p+1. The number of nitrogens with zero attached hydrogens (tertiary/aromatic N) is 2. The number of aromatic nitrogens is 1. The largest absolute Gasteiger partial charge is 0.480 e. The number of carbonyl (C=O) groups is 2. The summed E-state index contributed by atoms with van der Waals surface area (Å²) in [5.41, 5.74) is 2.32. The van der Waals surface area contributed by atoms with Crippen molar-refractivity contribution in [1.82, 2.24) is 0 Å². The molecule has 0 bridgehead atoms. The molecule has 2 heterocycles. The van der Waals surface area contributed by atoms with Crippen LogP contribution in [0.1, 0.15) is 39.5 Å². The van der Waals surface area contributed by atoms with Crippen LogP contribution in [0, 0.1) is 5.41 Å². The van der Waals surface area contributed by atoms with Gasteiger partial charge in [-0.2, -0.15) is 4.57 Å². The molecule has 3 aromatic rings. The SMILES string of the molecule is CCOC(=O)C1(C(=O)O)CC(=CC=C2Oc3ccccc3N2CC)C=C(C=Cc2oc3ccccc3[n+]2CC)C1. The van der Waals surface area contributed by atoms with Gasteiger partial charge in [-0.05, 0) is 75.1 Å². The average Bonchev–Trinajstić information content (AvgIpc) is 3.51. The molecule has 0 saturated carbocycles. The first-order valence-electron chi connectivity index (χ1n) is 13.6. The highest BCUT2D eigenvalue weighted by Gasteiger charge is 2.50. The molecule has 8 heteroatoms. The molecule has 40 heavy (non-hydrogen) atoms. The fraction of sp³-hybridized carbons (Fsp3) is 0.281. The van der Waals surface area contributed by atoms with Crippen LogP contribution in [0.2, 0.25) is 0 Å². The Balaban J connectivity index is 1.54. The molecule has 8 nitrogen and oxygen atoms in total. The summed E-state index contributed by atoms with van der Waals surface area (Å²) < 4.78 is 19.4. The van der Waals surface area contributed by atoms with Gasteiger partial charge < -0.3 is 23.9 Å². The first kappa shape index (κ1) is 27.0. The van der Waals surface area contributed by atoms with Crippen LogP contribution in [0.3, 0.4) is 0 Å². The van der Waals surface area contributed by atoms with E-state index in [4.69, 9.17) is 13.9 Å². The molecule has 206 valence electrons. The molecule has 2 aromatic carbocycles. The summed E-state index contributed by atoms with van der Waals surface area (Å²) in [5, 5.41) is 10.3. The van der Waals surface area contributed by atoms with E-state index in [0.717, 1.165) is 22.5 Å². The molecule has 0 fully saturated rings. The van der Waals surface area contributed by atoms with E-state index in [-0.39, 0.29) is 19.4 Å². The Bertz CT molecular complexity index is 1580. The number of anilines is 1. The summed E-state index contributed by atoms with van der Waals surface area (Å²) in [6, 6.07) is 15.6. The summed E-state index contributed by atoms with van der Waals surface area (Å²) in [7, 11) is 0. The topological polar surface area (TPSA) is 93.1 Å². The van der Waals surface area contributed by atoms with E-state index in [1.807, 2.05) is 102 Å². The van der Waals surface area contributed by atoms with Gasteiger partial charge in [0.05, 0.1) is 18.4 Å². The zero-order chi connectivity index (χ0) is 28.3. The number of carboxylic acid groups (broad SMARTS) is 1. The molecule has 0 saturated heterocycles. The molecular formula is C32H33N2O6+. The molecule has 1 aliphatic heterocycles. The molecular weight excluding hydrogens is 508 g/mol. The van der Waals surface area contributed by atoms with Gasteiger partial charge in [-0.25, -0.2) is 0 Å². The van der Waals surface area contributed by atoms with Crippen molar-refractivity contribution >= 4 is 34.8 Å². The van der Waals surface area contributed by atoms with Gasteiger partial charge in [-0.15, -0.1) is 0 Å². The van der Waals surface area contributed by atoms with Crippen LogP contribution in [-0.4, -0.2) is 30.2 Å². The second kappa shape index (κ2) is 11.3. The third-order valence-electron chi connectivity index (χ3n) is 7.24. The molecule has 1 N–H and O–H groups in total. The minimum atomic E-state index is -1.74. The molecule has 1 aromatic heterocycles. The zero-order valence-corrected chi connectivity index (χ0v) is 22.9. The van der Waals surface area contributed by atoms with Crippen LogP contribution in [0.25, 0.3) is 17.2 Å². The predicted molar refractivity (Wildman–Crippen MR) is 151 cm³/mol. The third kappa shape index (κ3) is 4.93. The van der Waals surface area contributed by atoms with Gasteiger partial charge in [0.25, 0.3) is 5.52 Å². The highest BCUT2D eigenvalue weighted by Crippen LogP contribution is 2.42. The Morgan fingerprint density at radius 2 is 1.82 bits per heavy atom. The number of hydrogen-bond donors (Lipinski definition) is 1. The lowest BCUT2D eigenvalue weighted by atomic mass is 9.72. The van der Waals surface area contributed by atoms with Crippen LogP contribution in [0.5, 0.6) is 5.75 Å². The van der Waals surface area contributed by atoms with E-state index >= 15 is 0 Å². The number of aryl methyl sites for hydroxylation is 1. The zero-order valence-electron chi connectivity index (χ0n) is 22.9. The first-order valence-corrected chi connectivity index (χ1v) is 13.6. The number of esters is 1. The van der Waals surface area contributed by atoms with Crippen LogP contribution in [-0.2, 0) is 20.9 Å². The van der Waals surface area contributed by atoms with E-state index in [1.54, 1.807) is 6.92 Å². The minimum absolute atomic E-state index is 0.000950. The van der Waals surface area contributed by atoms with Gasteiger partial charge in [-0.1, -0.05) is 36.4 Å². The van der Waals surface area contributed by atoms with Crippen molar-refractivity contribution in [3.63, 3.8) is 0 Å². The van der Waals surface area contributed by atoms with Crippen LogP contribution in [0.15, 0.2) is 94.3 Å². The number of fused-ring (bicyclic) bond motifs is 2. The van der Waals surface area contributed by atoms with E-state index in [9.17, 15) is 14.7 Å². The monoisotopic (exact) mass is 541 g/mol. The van der Waals surface area contributed by atoms with Crippen molar-refractivity contribution in [2.45, 2.75) is 40.2 Å².